The molecule has 5 heteroatoms. The number of aromatic nitrogens is 1. The molecule has 0 fully saturated rings. The summed E-state index contributed by atoms with van der Waals surface area (Å²) in [5.41, 5.74) is 2.54. The van der Waals surface area contributed by atoms with Gasteiger partial charge in [0.2, 0.25) is 0 Å². The van der Waals surface area contributed by atoms with Crippen LogP contribution < -0.4 is 5.32 Å². The molecule has 2 aromatic heterocycles. The van der Waals surface area contributed by atoms with Gasteiger partial charge in [0.1, 0.15) is 0 Å². The van der Waals surface area contributed by atoms with E-state index < -0.39 is 0 Å². The van der Waals surface area contributed by atoms with Crippen molar-refractivity contribution in [1.82, 2.24) is 4.98 Å². The van der Waals surface area contributed by atoms with E-state index in [0.29, 0.717) is 17.0 Å². The van der Waals surface area contributed by atoms with Crippen molar-refractivity contribution in [2.75, 3.05) is 11.9 Å². The maximum Gasteiger partial charge on any atom is 0.265 e. The number of aliphatic hydroxyl groups excluding tert-OH is 1. The highest BCUT2D eigenvalue weighted by atomic mass is 32.1. The maximum atomic E-state index is 12.2. The molecule has 0 aliphatic rings. The van der Waals surface area contributed by atoms with Crippen LogP contribution in [-0.2, 0) is 0 Å². The Morgan fingerprint density at radius 3 is 2.90 bits per heavy atom. The van der Waals surface area contributed by atoms with Crippen LogP contribution in [0.3, 0.4) is 0 Å². The molecule has 0 saturated heterocycles. The van der Waals surface area contributed by atoms with Gasteiger partial charge in [0.05, 0.1) is 28.2 Å². The number of hydrogen-bond donors (Lipinski definition) is 2. The van der Waals surface area contributed by atoms with E-state index in [1.165, 1.54) is 11.3 Å². The molecule has 2 N–H and O–H groups in total. The highest BCUT2D eigenvalue weighted by Gasteiger charge is 2.11. The van der Waals surface area contributed by atoms with Crippen LogP contribution in [0, 0.1) is 25.7 Å². The minimum atomic E-state index is -0.163. The number of aryl methyl sites for hydroxylation is 2. The molecule has 2 aromatic rings. The third-order valence-electron chi connectivity index (χ3n) is 2.75. The molecule has 0 aliphatic heterocycles. The molecule has 0 aliphatic carbocycles. The fourth-order valence-corrected chi connectivity index (χ4v) is 2.59. The first kappa shape index (κ1) is 15.2. The normalized spacial score (nSPS) is 9.86. The van der Waals surface area contributed by atoms with Gasteiger partial charge in [0.15, 0.2) is 0 Å². The summed E-state index contributed by atoms with van der Waals surface area (Å²) in [5.74, 6) is 5.68. The lowest BCUT2D eigenvalue weighted by molar-refractivity contribution is 0.103. The molecule has 0 bridgehead atoms. The summed E-state index contributed by atoms with van der Waals surface area (Å²) in [7, 11) is 0. The van der Waals surface area contributed by atoms with E-state index in [1.54, 1.807) is 6.20 Å². The Morgan fingerprint density at radius 1 is 1.43 bits per heavy atom. The molecule has 4 nitrogen and oxygen atoms in total. The average Bonchev–Trinajstić information content (AvgIpc) is 2.83. The van der Waals surface area contributed by atoms with E-state index in [1.807, 2.05) is 32.0 Å². The monoisotopic (exact) mass is 300 g/mol. The number of thiophene rings is 1. The van der Waals surface area contributed by atoms with Gasteiger partial charge in [-0.05, 0) is 37.6 Å². The highest BCUT2D eigenvalue weighted by Crippen LogP contribution is 2.22. The number of anilines is 1. The average molecular weight is 300 g/mol. The van der Waals surface area contributed by atoms with E-state index in [-0.39, 0.29) is 12.5 Å². The number of nitrogens with one attached hydrogen (secondary N) is 1. The topological polar surface area (TPSA) is 62.2 Å². The van der Waals surface area contributed by atoms with Crippen LogP contribution in [0.25, 0.3) is 0 Å². The minimum Gasteiger partial charge on any atom is -0.395 e. The first-order chi connectivity index (χ1) is 10.1. The molecule has 0 atom stereocenters. The molecule has 21 heavy (non-hydrogen) atoms. The van der Waals surface area contributed by atoms with E-state index in [9.17, 15) is 4.79 Å². The molecular weight excluding hydrogens is 284 g/mol. The van der Waals surface area contributed by atoms with Gasteiger partial charge in [-0.2, -0.15) is 0 Å². The van der Waals surface area contributed by atoms with Gasteiger partial charge in [0, 0.05) is 12.1 Å². The number of rotatable bonds is 3. The Bertz CT molecular complexity index is 693. The molecule has 0 unspecified atom stereocenters. The van der Waals surface area contributed by atoms with Crippen molar-refractivity contribution < 1.29 is 9.90 Å². The van der Waals surface area contributed by atoms with Crippen LogP contribution in [0.15, 0.2) is 24.4 Å². The first-order valence-corrected chi connectivity index (χ1v) is 7.36. The Kier molecular flexibility index (Phi) is 5.09. The lowest BCUT2D eigenvalue weighted by Gasteiger charge is -2.02. The predicted molar refractivity (Wildman–Crippen MR) is 84.6 cm³/mol. The van der Waals surface area contributed by atoms with Crippen molar-refractivity contribution >= 4 is 22.9 Å². The zero-order valence-electron chi connectivity index (χ0n) is 11.9. The van der Waals surface area contributed by atoms with Crippen molar-refractivity contribution in [3.63, 3.8) is 0 Å². The molecule has 0 aromatic carbocycles. The summed E-state index contributed by atoms with van der Waals surface area (Å²) in [6, 6.07) is 5.49. The lowest BCUT2D eigenvalue weighted by atomic mass is 10.2. The Hall–Kier alpha value is -2.16. The Labute approximate surface area is 127 Å². The molecule has 0 saturated carbocycles. The van der Waals surface area contributed by atoms with Crippen LogP contribution in [0.4, 0.5) is 5.69 Å². The van der Waals surface area contributed by atoms with Crippen LogP contribution in [0.1, 0.15) is 32.2 Å². The second-order valence-corrected chi connectivity index (χ2v) is 5.59. The number of hydrogen-bond acceptors (Lipinski definition) is 4. The quantitative estimate of drug-likeness (QED) is 0.857. The van der Waals surface area contributed by atoms with E-state index >= 15 is 0 Å². The van der Waals surface area contributed by atoms with Crippen molar-refractivity contribution in [1.29, 1.82) is 0 Å². The summed E-state index contributed by atoms with van der Waals surface area (Å²) in [5, 5.41) is 11.5. The fourth-order valence-electron chi connectivity index (χ4n) is 1.65. The summed E-state index contributed by atoms with van der Waals surface area (Å²) in [4.78, 5) is 17.8. The minimum absolute atomic E-state index is 0.0468. The van der Waals surface area contributed by atoms with Gasteiger partial charge >= 0.3 is 0 Å². The number of pyridine rings is 1. The van der Waals surface area contributed by atoms with Crippen LogP contribution in [-0.4, -0.2) is 22.6 Å². The molecule has 2 heterocycles. The van der Waals surface area contributed by atoms with Crippen LogP contribution >= 0.6 is 11.3 Å². The third kappa shape index (κ3) is 4.15. The van der Waals surface area contributed by atoms with Gasteiger partial charge in [-0.15, -0.1) is 11.3 Å². The molecule has 0 radical (unpaired) electrons. The summed E-state index contributed by atoms with van der Waals surface area (Å²) in [6.07, 6.45) is 2.07. The Balaban J connectivity index is 2.11. The van der Waals surface area contributed by atoms with Crippen molar-refractivity contribution in [3.8, 4) is 11.8 Å². The van der Waals surface area contributed by atoms with Crippen LogP contribution in [0.2, 0.25) is 0 Å². The standard InChI is InChI=1S/C16H16N2O2S/c1-11-9-15(21-14(11)5-3-4-8-19)16(20)18-13-7-6-12(2)17-10-13/h6-7,9-10,19H,4,8H2,1-2H3,(H,18,20). The third-order valence-corrected chi connectivity index (χ3v) is 3.90. The van der Waals surface area contributed by atoms with E-state index in [2.05, 4.69) is 22.1 Å². The van der Waals surface area contributed by atoms with Gasteiger partial charge in [-0.25, -0.2) is 0 Å². The van der Waals surface area contributed by atoms with Crippen molar-refractivity contribution in [2.24, 2.45) is 0 Å². The van der Waals surface area contributed by atoms with E-state index in [4.69, 9.17) is 5.11 Å². The predicted octanol–water partition coefficient (Wildman–Crippen LogP) is 2.75. The van der Waals surface area contributed by atoms with Crippen LogP contribution in [0.5, 0.6) is 0 Å². The number of nitrogens with zero attached hydrogens (tertiary/aromatic N) is 1. The fraction of sp³-hybridized carbons (Fsp3) is 0.250. The molecule has 0 spiro atoms. The summed E-state index contributed by atoms with van der Waals surface area (Å²) in [6.45, 7) is 3.86. The molecule has 2 rings (SSSR count). The van der Waals surface area contributed by atoms with Gasteiger partial charge < -0.3 is 10.4 Å². The largest absolute Gasteiger partial charge is 0.395 e. The zero-order valence-corrected chi connectivity index (χ0v) is 12.8. The van der Waals surface area contributed by atoms with Gasteiger partial charge in [0.25, 0.3) is 5.91 Å². The van der Waals surface area contributed by atoms with E-state index in [0.717, 1.165) is 16.1 Å². The van der Waals surface area contributed by atoms with Gasteiger partial charge in [-0.3, -0.25) is 9.78 Å². The first-order valence-electron chi connectivity index (χ1n) is 6.54. The van der Waals surface area contributed by atoms with Gasteiger partial charge in [-0.1, -0.05) is 11.8 Å². The van der Waals surface area contributed by atoms with Crippen molar-refractivity contribution in [3.05, 3.63) is 45.4 Å². The number of aliphatic hydroxyl groups is 1. The SMILES string of the molecule is Cc1ccc(NC(=O)c2cc(C)c(C#CCCO)s2)cn1. The summed E-state index contributed by atoms with van der Waals surface area (Å²) < 4.78 is 0. The number of carbonyl (C=O) groups excluding carboxylic acids is 1. The maximum absolute atomic E-state index is 12.2. The number of amides is 1. The summed E-state index contributed by atoms with van der Waals surface area (Å²) >= 11 is 1.35. The number of carbonyl (C=O) groups is 1. The zero-order chi connectivity index (χ0) is 15.2. The molecule has 108 valence electrons. The Morgan fingerprint density at radius 2 is 2.24 bits per heavy atom. The second-order valence-electron chi connectivity index (χ2n) is 4.54. The van der Waals surface area contributed by atoms with Crippen molar-refractivity contribution in [2.45, 2.75) is 20.3 Å². The smallest absolute Gasteiger partial charge is 0.265 e. The second kappa shape index (κ2) is 7.02. The highest BCUT2D eigenvalue weighted by molar-refractivity contribution is 7.14. The lowest BCUT2D eigenvalue weighted by Crippen LogP contribution is -2.10. The molecule has 1 amide bonds. The molecular formula is C16H16N2O2S.